The number of pyridine rings is 1. The number of nitrogens with zero attached hydrogens (tertiary/aromatic N) is 1. The van der Waals surface area contributed by atoms with Crippen LogP contribution in [0.1, 0.15) is 0 Å². The van der Waals surface area contributed by atoms with E-state index in [1.165, 1.54) is 12.3 Å². The fourth-order valence-electron chi connectivity index (χ4n) is 0.522. The van der Waals surface area contributed by atoms with E-state index in [2.05, 4.69) is 9.72 Å². The highest BCUT2D eigenvalue weighted by Gasteiger charge is 2.06. The molecule has 0 aliphatic rings. The lowest BCUT2D eigenvalue weighted by Gasteiger charge is -1.97. The molecule has 0 amide bonds. The van der Waals surface area contributed by atoms with Crippen molar-refractivity contribution < 1.29 is 13.9 Å². The Bertz CT molecular complexity index is 279. The van der Waals surface area contributed by atoms with Crippen LogP contribution in [-0.2, 0) is 0 Å². The fourth-order valence-corrected chi connectivity index (χ4v) is 0.595. The minimum atomic E-state index is -1.11. The SMILES string of the molecule is O=C(Cl)Oc1ncccc1F. The summed E-state index contributed by atoms with van der Waals surface area (Å²) in [5, 5.41) is 0. The third-order valence-electron chi connectivity index (χ3n) is 0.902. The van der Waals surface area contributed by atoms with Crippen LogP contribution in [0.5, 0.6) is 5.88 Å². The highest BCUT2D eigenvalue weighted by Crippen LogP contribution is 2.11. The molecule has 3 nitrogen and oxygen atoms in total. The van der Waals surface area contributed by atoms with Crippen LogP contribution in [0.25, 0.3) is 0 Å². The van der Waals surface area contributed by atoms with Crippen molar-refractivity contribution >= 4 is 17.0 Å². The molecule has 11 heavy (non-hydrogen) atoms. The van der Waals surface area contributed by atoms with Crippen molar-refractivity contribution in [2.75, 3.05) is 0 Å². The monoisotopic (exact) mass is 175 g/mol. The zero-order valence-electron chi connectivity index (χ0n) is 5.25. The maximum Gasteiger partial charge on any atom is 0.410 e. The predicted octanol–water partition coefficient (Wildman–Crippen LogP) is 1.96. The number of ether oxygens (including phenoxy) is 1. The molecule has 0 atom stereocenters. The van der Waals surface area contributed by atoms with E-state index in [0.29, 0.717) is 0 Å². The van der Waals surface area contributed by atoms with Crippen molar-refractivity contribution in [1.29, 1.82) is 0 Å². The van der Waals surface area contributed by atoms with Gasteiger partial charge in [-0.15, -0.1) is 0 Å². The van der Waals surface area contributed by atoms with Gasteiger partial charge in [0.1, 0.15) is 0 Å². The van der Waals surface area contributed by atoms with Gasteiger partial charge in [-0.25, -0.2) is 14.2 Å². The van der Waals surface area contributed by atoms with E-state index < -0.39 is 17.1 Å². The van der Waals surface area contributed by atoms with Crippen molar-refractivity contribution in [2.45, 2.75) is 0 Å². The van der Waals surface area contributed by atoms with Crippen molar-refractivity contribution in [3.63, 3.8) is 0 Å². The van der Waals surface area contributed by atoms with E-state index in [4.69, 9.17) is 11.6 Å². The Labute approximate surface area is 66.8 Å². The van der Waals surface area contributed by atoms with Gasteiger partial charge in [0.2, 0.25) is 0 Å². The first-order chi connectivity index (χ1) is 5.20. The lowest BCUT2D eigenvalue weighted by Crippen LogP contribution is -2.00. The van der Waals surface area contributed by atoms with Gasteiger partial charge in [0.05, 0.1) is 0 Å². The van der Waals surface area contributed by atoms with Gasteiger partial charge in [-0.3, -0.25) is 0 Å². The Morgan fingerprint density at radius 1 is 1.73 bits per heavy atom. The van der Waals surface area contributed by atoms with Crippen LogP contribution in [0.4, 0.5) is 9.18 Å². The van der Waals surface area contributed by atoms with Crippen LogP contribution in [0.3, 0.4) is 0 Å². The van der Waals surface area contributed by atoms with Crippen molar-refractivity contribution in [3.8, 4) is 5.88 Å². The van der Waals surface area contributed by atoms with Gasteiger partial charge in [-0.2, -0.15) is 0 Å². The minimum Gasteiger partial charge on any atom is -0.392 e. The maximum atomic E-state index is 12.6. The molecule has 0 saturated heterocycles. The van der Waals surface area contributed by atoms with Crippen molar-refractivity contribution in [2.24, 2.45) is 0 Å². The second-order valence-corrected chi connectivity index (χ2v) is 1.94. The average molecular weight is 176 g/mol. The van der Waals surface area contributed by atoms with Crippen LogP contribution >= 0.6 is 11.6 Å². The molecule has 1 aromatic heterocycles. The van der Waals surface area contributed by atoms with Gasteiger partial charge < -0.3 is 4.74 Å². The molecule has 0 spiro atoms. The third kappa shape index (κ3) is 2.16. The van der Waals surface area contributed by atoms with Gasteiger partial charge in [0, 0.05) is 17.8 Å². The summed E-state index contributed by atoms with van der Waals surface area (Å²) in [6.45, 7) is 0. The third-order valence-corrected chi connectivity index (χ3v) is 0.979. The van der Waals surface area contributed by atoms with Gasteiger partial charge in [0.15, 0.2) is 5.82 Å². The molecule has 0 radical (unpaired) electrons. The molecule has 0 unspecified atom stereocenters. The van der Waals surface area contributed by atoms with Crippen LogP contribution in [0, 0.1) is 5.82 Å². The molecule has 1 rings (SSSR count). The zero-order chi connectivity index (χ0) is 8.27. The largest absolute Gasteiger partial charge is 0.410 e. The van der Waals surface area contributed by atoms with E-state index in [0.717, 1.165) is 6.07 Å². The smallest absolute Gasteiger partial charge is 0.392 e. The Morgan fingerprint density at radius 3 is 3.00 bits per heavy atom. The highest BCUT2D eigenvalue weighted by atomic mass is 35.5. The standard InChI is InChI=1S/C6H3ClFNO2/c7-6(10)11-5-4(8)2-1-3-9-5/h1-3H. The Hall–Kier alpha value is -1.16. The summed E-state index contributed by atoms with van der Waals surface area (Å²) in [5.41, 5.74) is -1.11. The quantitative estimate of drug-likeness (QED) is 0.613. The molecule has 0 bridgehead atoms. The fraction of sp³-hybridized carbons (Fsp3) is 0. The summed E-state index contributed by atoms with van der Waals surface area (Å²) in [6.07, 6.45) is 1.29. The molecular formula is C6H3ClFNO2. The van der Waals surface area contributed by atoms with Gasteiger partial charge in [-0.1, -0.05) is 0 Å². The van der Waals surface area contributed by atoms with Crippen molar-refractivity contribution in [3.05, 3.63) is 24.1 Å². The maximum absolute atomic E-state index is 12.6. The van der Waals surface area contributed by atoms with Gasteiger partial charge in [0.25, 0.3) is 5.88 Å². The first-order valence-corrected chi connectivity index (χ1v) is 3.06. The molecular weight excluding hydrogens is 173 g/mol. The van der Waals surface area contributed by atoms with Crippen LogP contribution in [-0.4, -0.2) is 10.4 Å². The normalized spacial score (nSPS) is 9.27. The summed E-state index contributed by atoms with van der Waals surface area (Å²) >= 11 is 4.82. The first-order valence-electron chi connectivity index (χ1n) is 2.68. The lowest BCUT2D eigenvalue weighted by molar-refractivity contribution is 0.221. The number of halogens is 2. The topological polar surface area (TPSA) is 39.2 Å². The van der Waals surface area contributed by atoms with Crippen LogP contribution < -0.4 is 4.74 Å². The zero-order valence-corrected chi connectivity index (χ0v) is 6.01. The highest BCUT2D eigenvalue weighted by molar-refractivity contribution is 6.61. The predicted molar refractivity (Wildman–Crippen MR) is 36.1 cm³/mol. The lowest BCUT2D eigenvalue weighted by atomic mass is 10.5. The molecule has 0 aliphatic heterocycles. The molecule has 5 heteroatoms. The second-order valence-electron chi connectivity index (χ2n) is 1.63. The van der Waals surface area contributed by atoms with E-state index in [1.54, 1.807) is 0 Å². The summed E-state index contributed by atoms with van der Waals surface area (Å²) < 4.78 is 16.7. The molecule has 58 valence electrons. The first kappa shape index (κ1) is 7.94. The Morgan fingerprint density at radius 2 is 2.45 bits per heavy atom. The molecule has 0 N–H and O–H groups in total. The van der Waals surface area contributed by atoms with E-state index in [-0.39, 0.29) is 0 Å². The van der Waals surface area contributed by atoms with E-state index in [1.807, 2.05) is 0 Å². The Kier molecular flexibility index (Phi) is 2.38. The van der Waals surface area contributed by atoms with Crippen LogP contribution in [0.2, 0.25) is 0 Å². The second kappa shape index (κ2) is 3.30. The van der Waals surface area contributed by atoms with E-state index >= 15 is 0 Å². The number of rotatable bonds is 1. The molecule has 1 aromatic rings. The molecule has 0 saturated carbocycles. The summed E-state index contributed by atoms with van der Waals surface area (Å²) in [7, 11) is 0. The van der Waals surface area contributed by atoms with Gasteiger partial charge in [-0.05, 0) is 12.1 Å². The summed E-state index contributed by atoms with van der Waals surface area (Å²) in [4.78, 5) is 13.5. The van der Waals surface area contributed by atoms with E-state index in [9.17, 15) is 9.18 Å². The van der Waals surface area contributed by atoms with Crippen LogP contribution in [0.15, 0.2) is 18.3 Å². The molecule has 0 aliphatic carbocycles. The number of aromatic nitrogens is 1. The average Bonchev–Trinajstić information content (AvgIpc) is 1.93. The molecule has 1 heterocycles. The number of carbonyl (C=O) groups is 1. The number of carbonyl (C=O) groups excluding carboxylic acids is 1. The number of hydrogen-bond acceptors (Lipinski definition) is 3. The summed E-state index contributed by atoms with van der Waals surface area (Å²) in [6, 6.07) is 2.49. The molecule has 0 fully saturated rings. The van der Waals surface area contributed by atoms with Gasteiger partial charge >= 0.3 is 5.43 Å². The molecule has 0 aromatic carbocycles. The minimum absolute atomic E-state index is 0.410. The Balaban J connectivity index is 2.86. The van der Waals surface area contributed by atoms with Crippen molar-refractivity contribution in [1.82, 2.24) is 4.98 Å². The number of hydrogen-bond donors (Lipinski definition) is 0. The summed E-state index contributed by atoms with van der Waals surface area (Å²) in [5.74, 6) is -1.13.